The third-order valence-electron chi connectivity index (χ3n) is 10.3. The molecule has 8 aromatic carbocycles. The number of carbonyl (C=O) groups is 4. The van der Waals surface area contributed by atoms with E-state index in [1.807, 2.05) is 142 Å². The van der Waals surface area contributed by atoms with Crippen molar-refractivity contribution in [2.75, 3.05) is 17.3 Å². The van der Waals surface area contributed by atoms with Gasteiger partial charge >= 0.3 is 24.1 Å². The van der Waals surface area contributed by atoms with Crippen molar-refractivity contribution in [3.63, 3.8) is 0 Å². The van der Waals surface area contributed by atoms with Crippen molar-refractivity contribution >= 4 is 78.6 Å². The Bertz CT molecular complexity index is 3090. The van der Waals surface area contributed by atoms with Crippen molar-refractivity contribution in [3.8, 4) is 22.3 Å². The van der Waals surface area contributed by atoms with Crippen LogP contribution in [0.25, 0.3) is 65.3 Å². The van der Waals surface area contributed by atoms with E-state index in [0.717, 1.165) is 43.1 Å². The van der Waals surface area contributed by atoms with Crippen LogP contribution in [0.3, 0.4) is 0 Å². The molecule has 318 valence electrons. The number of carboxylic acid groups (broad SMARTS) is 2. The molecular weight excluding hydrogens is 793 g/mol. The van der Waals surface area contributed by atoms with Gasteiger partial charge in [0.1, 0.15) is 11.2 Å². The molecule has 2 amide bonds. The monoisotopic (exact) mass is 840 g/mol. The minimum absolute atomic E-state index is 0.169. The second-order valence-electron chi connectivity index (χ2n) is 17.1. The summed E-state index contributed by atoms with van der Waals surface area (Å²) in [7, 11) is 1.65. The summed E-state index contributed by atoms with van der Waals surface area (Å²) in [6, 6.07) is 45.1. The van der Waals surface area contributed by atoms with E-state index < -0.39 is 35.3 Å². The van der Waals surface area contributed by atoms with Crippen molar-refractivity contribution in [1.82, 2.24) is 0 Å². The molecule has 8 rings (SSSR count). The van der Waals surface area contributed by atoms with Crippen LogP contribution >= 0.6 is 0 Å². The number of rotatable bonds is 6. The summed E-state index contributed by atoms with van der Waals surface area (Å²) in [5, 5.41) is 29.9. The van der Waals surface area contributed by atoms with Gasteiger partial charge in [-0.15, -0.1) is 0 Å². The van der Waals surface area contributed by atoms with Crippen molar-refractivity contribution in [2.45, 2.75) is 52.7 Å². The Labute approximate surface area is 365 Å². The maximum Gasteiger partial charge on any atom is 0.414 e. The quantitative estimate of drug-likeness (QED) is 0.150. The number of fused-ring (bicyclic) bond motifs is 4. The standard InChI is InChI=1S/C27H25NO4.C26H23NO4/c1-27(2,3)32-26(31)28(4)22-16-14-18-10-6-8-12-20(18)24(22)23-19-11-7-5-9-17(19)13-15-21(23)25(29)30;1-26(2,3)31-25(30)27-21-15-13-17-9-5-7-11-19(17)23(21)22-18-10-6-4-8-16(18)12-14-20(22)24(28)29/h5-16H,1-4H3,(H,29,30);4-15H,1-3H3,(H,27,30)(H,28,29). The molecule has 0 aliphatic heterocycles. The molecule has 0 bridgehead atoms. The maximum absolute atomic E-state index is 12.9. The number of benzene rings is 8. The Kier molecular flexibility index (Phi) is 11.9. The lowest BCUT2D eigenvalue weighted by molar-refractivity contribution is 0.0586. The summed E-state index contributed by atoms with van der Waals surface area (Å²) in [6.07, 6.45) is -1.10. The zero-order valence-corrected chi connectivity index (χ0v) is 36.1. The van der Waals surface area contributed by atoms with Gasteiger partial charge in [0.05, 0.1) is 22.5 Å². The number of ether oxygens (including phenoxy) is 2. The smallest absolute Gasteiger partial charge is 0.414 e. The number of anilines is 2. The van der Waals surface area contributed by atoms with Crippen LogP contribution < -0.4 is 10.2 Å². The van der Waals surface area contributed by atoms with E-state index in [2.05, 4.69) is 5.32 Å². The highest BCUT2D eigenvalue weighted by Gasteiger charge is 2.27. The van der Waals surface area contributed by atoms with Crippen LogP contribution in [0.1, 0.15) is 62.3 Å². The average Bonchev–Trinajstić information content (AvgIpc) is 3.24. The summed E-state index contributed by atoms with van der Waals surface area (Å²) in [6.45, 7) is 10.8. The third kappa shape index (κ3) is 9.30. The Hall–Kier alpha value is -7.72. The van der Waals surface area contributed by atoms with Crippen LogP contribution in [-0.4, -0.2) is 52.6 Å². The number of hydrogen-bond acceptors (Lipinski definition) is 6. The van der Waals surface area contributed by atoms with Crippen LogP contribution in [0.4, 0.5) is 21.0 Å². The summed E-state index contributed by atoms with van der Waals surface area (Å²) in [5.41, 5.74) is 2.58. The van der Waals surface area contributed by atoms with Crippen molar-refractivity contribution in [3.05, 3.63) is 157 Å². The number of carbonyl (C=O) groups excluding carboxylic acids is 2. The molecule has 10 nitrogen and oxygen atoms in total. The molecule has 0 spiro atoms. The molecular formula is C53H48N2O8. The molecule has 3 N–H and O–H groups in total. The molecule has 0 aliphatic carbocycles. The average molecular weight is 841 g/mol. The number of nitrogens with zero attached hydrogens (tertiary/aromatic N) is 1. The molecule has 0 aliphatic rings. The summed E-state index contributed by atoms with van der Waals surface area (Å²) in [4.78, 5) is 51.4. The molecule has 0 saturated carbocycles. The van der Waals surface area contributed by atoms with Gasteiger partial charge in [0.25, 0.3) is 0 Å². The van der Waals surface area contributed by atoms with E-state index in [1.54, 1.807) is 52.1 Å². The molecule has 0 unspecified atom stereocenters. The first-order valence-corrected chi connectivity index (χ1v) is 20.4. The van der Waals surface area contributed by atoms with Gasteiger partial charge < -0.3 is 19.7 Å². The molecule has 63 heavy (non-hydrogen) atoms. The van der Waals surface area contributed by atoms with E-state index >= 15 is 0 Å². The van der Waals surface area contributed by atoms with Gasteiger partial charge in [-0.3, -0.25) is 10.2 Å². The van der Waals surface area contributed by atoms with Crippen LogP contribution in [-0.2, 0) is 9.47 Å². The SMILES string of the molecule is CC(C)(C)OC(=O)Nc1ccc2ccccc2c1-c1c(C(=O)O)ccc2ccccc12.CN(C(=O)OC(C)(C)C)c1ccc2ccccc2c1-c1c(C(=O)O)ccc2ccccc12. The molecule has 0 atom stereocenters. The molecule has 0 radical (unpaired) electrons. The Morgan fingerprint density at radius 3 is 1.25 bits per heavy atom. The fourth-order valence-corrected chi connectivity index (χ4v) is 7.73. The number of hydrogen-bond donors (Lipinski definition) is 3. The lowest BCUT2D eigenvalue weighted by atomic mass is 9.88. The normalized spacial score (nSPS) is 11.5. The lowest BCUT2D eigenvalue weighted by Gasteiger charge is -2.27. The Morgan fingerprint density at radius 1 is 0.460 bits per heavy atom. The predicted octanol–water partition coefficient (Wildman–Crippen LogP) is 13.4. The third-order valence-corrected chi connectivity index (χ3v) is 10.3. The van der Waals surface area contributed by atoms with E-state index in [0.29, 0.717) is 33.6 Å². The molecule has 0 heterocycles. The first-order valence-electron chi connectivity index (χ1n) is 20.4. The van der Waals surface area contributed by atoms with Gasteiger partial charge in [0.15, 0.2) is 0 Å². The van der Waals surface area contributed by atoms with Gasteiger partial charge in [-0.2, -0.15) is 0 Å². The van der Waals surface area contributed by atoms with E-state index in [4.69, 9.17) is 9.47 Å². The van der Waals surface area contributed by atoms with Gasteiger partial charge in [-0.25, -0.2) is 19.2 Å². The maximum atomic E-state index is 12.9. The fourth-order valence-electron chi connectivity index (χ4n) is 7.73. The second kappa shape index (κ2) is 17.3. The van der Waals surface area contributed by atoms with Crippen LogP contribution in [0, 0.1) is 0 Å². The van der Waals surface area contributed by atoms with E-state index in [-0.39, 0.29) is 11.1 Å². The Morgan fingerprint density at radius 2 is 0.825 bits per heavy atom. The highest BCUT2D eigenvalue weighted by atomic mass is 16.6. The molecule has 10 heteroatoms. The second-order valence-corrected chi connectivity index (χ2v) is 17.1. The summed E-state index contributed by atoms with van der Waals surface area (Å²) >= 11 is 0. The highest BCUT2D eigenvalue weighted by Crippen LogP contribution is 2.44. The number of carboxylic acids is 2. The van der Waals surface area contributed by atoms with Crippen LogP contribution in [0.2, 0.25) is 0 Å². The van der Waals surface area contributed by atoms with Crippen molar-refractivity contribution < 1.29 is 38.9 Å². The van der Waals surface area contributed by atoms with Crippen LogP contribution in [0.5, 0.6) is 0 Å². The van der Waals surface area contributed by atoms with Gasteiger partial charge in [-0.05, 0) is 109 Å². The van der Waals surface area contributed by atoms with E-state index in [9.17, 15) is 29.4 Å². The zero-order chi connectivity index (χ0) is 45.2. The predicted molar refractivity (Wildman–Crippen MR) is 252 cm³/mol. The highest BCUT2D eigenvalue weighted by molar-refractivity contribution is 6.18. The molecule has 0 saturated heterocycles. The number of amides is 2. The van der Waals surface area contributed by atoms with Crippen LogP contribution in [0.15, 0.2) is 146 Å². The van der Waals surface area contributed by atoms with E-state index in [1.165, 1.54) is 4.90 Å². The first-order chi connectivity index (χ1) is 29.9. The minimum Gasteiger partial charge on any atom is -0.478 e. The topological polar surface area (TPSA) is 142 Å². The lowest BCUT2D eigenvalue weighted by Crippen LogP contribution is -2.34. The molecule has 0 aromatic heterocycles. The molecule has 0 fully saturated rings. The minimum atomic E-state index is -1.03. The van der Waals surface area contributed by atoms with Crippen molar-refractivity contribution in [2.24, 2.45) is 0 Å². The zero-order valence-electron chi connectivity index (χ0n) is 36.1. The Balaban J connectivity index is 0.000000189. The van der Waals surface area contributed by atoms with Gasteiger partial charge in [-0.1, -0.05) is 121 Å². The number of nitrogens with one attached hydrogen (secondary N) is 1. The van der Waals surface area contributed by atoms with Gasteiger partial charge in [0.2, 0.25) is 0 Å². The van der Waals surface area contributed by atoms with Crippen molar-refractivity contribution in [1.29, 1.82) is 0 Å². The largest absolute Gasteiger partial charge is 0.478 e. The first kappa shape index (κ1) is 43.4. The van der Waals surface area contributed by atoms with Gasteiger partial charge in [0, 0.05) is 29.3 Å². The summed E-state index contributed by atoms with van der Waals surface area (Å²) < 4.78 is 11.0. The summed E-state index contributed by atoms with van der Waals surface area (Å²) in [5.74, 6) is -2.05. The molecule has 8 aromatic rings. The fraction of sp³-hybridized carbons (Fsp3) is 0.170. The number of aromatic carboxylic acids is 2.